The Morgan fingerprint density at radius 2 is 1.08 bits per heavy atom. The van der Waals surface area contributed by atoms with Crippen LogP contribution in [-0.2, 0) is 4.74 Å². The average Bonchev–Trinajstić information content (AvgIpc) is 3.46. The van der Waals surface area contributed by atoms with E-state index in [0.717, 1.165) is 47.3 Å². The maximum Gasteiger partial charge on any atom is 0.0648 e. The third-order valence-electron chi connectivity index (χ3n) is 11.4. The van der Waals surface area contributed by atoms with Crippen molar-refractivity contribution < 1.29 is 14.9 Å². The molecule has 0 radical (unpaired) electrons. The lowest BCUT2D eigenvalue weighted by molar-refractivity contribution is -0.0288. The summed E-state index contributed by atoms with van der Waals surface area (Å²) in [4.78, 5) is 0. The molecule has 0 aromatic rings. The van der Waals surface area contributed by atoms with E-state index in [0.29, 0.717) is 47.7 Å². The summed E-state index contributed by atoms with van der Waals surface area (Å²) in [5.74, 6) is 10.6. The van der Waals surface area contributed by atoms with Crippen molar-refractivity contribution in [3.8, 4) is 0 Å². The zero-order valence-electron chi connectivity index (χ0n) is 15.2. The summed E-state index contributed by atoms with van der Waals surface area (Å²) in [6.07, 6.45) is 10.3. The van der Waals surface area contributed by atoms with Gasteiger partial charge >= 0.3 is 0 Å². The highest BCUT2D eigenvalue weighted by Gasteiger charge is 2.77. The Balaban J connectivity index is 1.19. The molecule has 16 atom stereocenters. The molecule has 2 aliphatic heterocycles. The molecule has 8 rings (SSSR count). The number of ether oxygens (including phenoxy) is 1. The molecule has 5 saturated carbocycles. The number of rotatable bonds is 2. The summed E-state index contributed by atoms with van der Waals surface area (Å²) in [7, 11) is 0. The van der Waals surface area contributed by atoms with Crippen molar-refractivity contribution in [3.05, 3.63) is 12.2 Å². The van der Waals surface area contributed by atoms with Gasteiger partial charge in [-0.2, -0.15) is 0 Å². The van der Waals surface area contributed by atoms with Gasteiger partial charge in [-0.25, -0.2) is 0 Å². The van der Waals surface area contributed by atoms with Crippen LogP contribution in [0.2, 0.25) is 0 Å². The number of hydrogen-bond donors (Lipinski definition) is 2. The Labute approximate surface area is 155 Å². The molecule has 2 heterocycles. The van der Waals surface area contributed by atoms with E-state index in [2.05, 4.69) is 12.2 Å². The van der Waals surface area contributed by atoms with E-state index in [-0.39, 0.29) is 13.2 Å². The summed E-state index contributed by atoms with van der Waals surface area (Å²) in [5, 5.41) is 20.0. The number of aliphatic hydroxyl groups is 2. The predicted molar refractivity (Wildman–Crippen MR) is 94.7 cm³/mol. The largest absolute Gasteiger partial charge is 0.396 e. The lowest BCUT2D eigenvalue weighted by Crippen LogP contribution is -2.52. The zero-order valence-corrected chi connectivity index (χ0v) is 15.2. The summed E-state index contributed by atoms with van der Waals surface area (Å²) < 4.78 is 6.83. The molecule has 0 amide bonds. The summed E-state index contributed by atoms with van der Waals surface area (Å²) in [6.45, 7) is 0.540. The average molecular weight is 354 g/mol. The zero-order chi connectivity index (χ0) is 16.9. The first kappa shape index (κ1) is 14.6. The van der Waals surface area contributed by atoms with Gasteiger partial charge in [0.25, 0.3) is 0 Å². The molecule has 7 fully saturated rings. The Bertz CT molecular complexity index is 650. The Hall–Kier alpha value is -0.380. The number of hydrogen-bond acceptors (Lipinski definition) is 3. The van der Waals surface area contributed by atoms with Crippen molar-refractivity contribution >= 4 is 0 Å². The van der Waals surface area contributed by atoms with Crippen LogP contribution in [0.3, 0.4) is 0 Å². The van der Waals surface area contributed by atoms with Crippen molar-refractivity contribution in [2.45, 2.75) is 31.5 Å². The molecule has 8 bridgehead atoms. The van der Waals surface area contributed by atoms with E-state index in [1.807, 2.05) is 0 Å². The molecular weight excluding hydrogens is 324 g/mol. The maximum absolute atomic E-state index is 10.0. The molecule has 26 heavy (non-hydrogen) atoms. The Morgan fingerprint density at radius 3 is 1.58 bits per heavy atom. The van der Waals surface area contributed by atoms with E-state index in [1.54, 1.807) is 0 Å². The monoisotopic (exact) mass is 354 g/mol. The third-order valence-corrected chi connectivity index (χ3v) is 11.4. The molecule has 16 unspecified atom stereocenters. The quantitative estimate of drug-likeness (QED) is 0.590. The van der Waals surface area contributed by atoms with Crippen molar-refractivity contribution in [2.75, 3.05) is 13.2 Å². The van der Waals surface area contributed by atoms with Gasteiger partial charge in [-0.05, 0) is 102 Å². The first-order valence-electron chi connectivity index (χ1n) is 11.4. The van der Waals surface area contributed by atoms with Crippen molar-refractivity contribution in [2.24, 2.45) is 82.9 Å². The van der Waals surface area contributed by atoms with Crippen LogP contribution in [0, 0.1) is 82.9 Å². The first-order chi connectivity index (χ1) is 12.8. The minimum Gasteiger partial charge on any atom is -0.396 e. The van der Waals surface area contributed by atoms with Crippen LogP contribution in [0.15, 0.2) is 12.2 Å². The van der Waals surface area contributed by atoms with E-state index in [1.165, 1.54) is 19.3 Å². The van der Waals surface area contributed by atoms with Crippen LogP contribution in [0.4, 0.5) is 0 Å². The number of allylic oxidation sites excluding steroid dienone is 2. The lowest BCUT2D eigenvalue weighted by Gasteiger charge is -2.49. The topological polar surface area (TPSA) is 49.7 Å². The van der Waals surface area contributed by atoms with Gasteiger partial charge in [-0.15, -0.1) is 0 Å². The summed E-state index contributed by atoms with van der Waals surface area (Å²) in [6, 6.07) is 0. The standard InChI is InChI=1S/C23H30O3/c24-6-14-10-4-11(15(14)7-25)19-18(10)22-20-12-5-13(21(20)23(19)26-22)17-9-2-1-8(3-9)16(12)17/h1-2,8-25H,3-7H2. The molecule has 6 aliphatic carbocycles. The fraction of sp³-hybridized carbons (Fsp3) is 0.913. The van der Waals surface area contributed by atoms with Crippen molar-refractivity contribution in [3.63, 3.8) is 0 Å². The summed E-state index contributed by atoms with van der Waals surface area (Å²) >= 11 is 0. The highest BCUT2D eigenvalue weighted by molar-refractivity contribution is 5.28. The van der Waals surface area contributed by atoms with Gasteiger partial charge in [0.05, 0.1) is 12.2 Å². The molecule has 0 aromatic heterocycles. The normalized spacial score (nSPS) is 72.5. The molecule has 3 nitrogen and oxygen atoms in total. The number of aliphatic hydroxyl groups excluding tert-OH is 2. The van der Waals surface area contributed by atoms with E-state index < -0.39 is 0 Å². The fourth-order valence-corrected chi connectivity index (χ4v) is 11.3. The van der Waals surface area contributed by atoms with E-state index in [4.69, 9.17) is 4.74 Å². The SMILES string of the molecule is OCC1C(CO)C2CC1C1C3OC(C21)C1C2CC(C4C5C=CC(C5)C24)C31. The second kappa shape index (κ2) is 4.44. The first-order valence-corrected chi connectivity index (χ1v) is 11.4. The van der Waals surface area contributed by atoms with Gasteiger partial charge in [-0.1, -0.05) is 12.2 Å². The highest BCUT2D eigenvalue weighted by atomic mass is 16.5. The van der Waals surface area contributed by atoms with Gasteiger partial charge in [-0.3, -0.25) is 0 Å². The molecular formula is C23H30O3. The number of fused-ring (bicyclic) bond motifs is 23. The third kappa shape index (κ3) is 1.29. The van der Waals surface area contributed by atoms with E-state index >= 15 is 0 Å². The lowest BCUT2D eigenvalue weighted by atomic mass is 9.53. The minimum absolute atomic E-state index is 0.270. The molecule has 0 aromatic carbocycles. The van der Waals surface area contributed by atoms with Crippen LogP contribution in [-0.4, -0.2) is 35.6 Å². The van der Waals surface area contributed by atoms with Crippen LogP contribution in [0.1, 0.15) is 19.3 Å². The van der Waals surface area contributed by atoms with Crippen molar-refractivity contribution in [1.82, 2.24) is 0 Å². The highest BCUT2D eigenvalue weighted by Crippen LogP contribution is 2.78. The van der Waals surface area contributed by atoms with Gasteiger partial charge in [0.2, 0.25) is 0 Å². The van der Waals surface area contributed by atoms with Crippen molar-refractivity contribution in [1.29, 1.82) is 0 Å². The Kier molecular flexibility index (Phi) is 2.49. The molecule has 2 N–H and O–H groups in total. The smallest absolute Gasteiger partial charge is 0.0648 e. The van der Waals surface area contributed by atoms with Crippen LogP contribution in [0.5, 0.6) is 0 Å². The molecule has 8 aliphatic rings. The molecule has 140 valence electrons. The Morgan fingerprint density at radius 1 is 0.615 bits per heavy atom. The molecule has 0 spiro atoms. The predicted octanol–water partition coefficient (Wildman–Crippen LogP) is 2.19. The molecule has 2 saturated heterocycles. The van der Waals surface area contributed by atoms with Crippen LogP contribution < -0.4 is 0 Å². The van der Waals surface area contributed by atoms with Crippen LogP contribution >= 0.6 is 0 Å². The second-order valence-corrected chi connectivity index (χ2v) is 11.3. The summed E-state index contributed by atoms with van der Waals surface area (Å²) in [5.41, 5.74) is 0. The van der Waals surface area contributed by atoms with Gasteiger partial charge < -0.3 is 14.9 Å². The van der Waals surface area contributed by atoms with Crippen LogP contribution in [0.25, 0.3) is 0 Å². The minimum atomic E-state index is 0.270. The fourth-order valence-electron chi connectivity index (χ4n) is 11.3. The maximum atomic E-state index is 10.0. The van der Waals surface area contributed by atoms with Gasteiger partial charge in [0, 0.05) is 13.2 Å². The van der Waals surface area contributed by atoms with Gasteiger partial charge in [0.15, 0.2) is 0 Å². The molecule has 3 heteroatoms. The van der Waals surface area contributed by atoms with Gasteiger partial charge in [0.1, 0.15) is 0 Å². The second-order valence-electron chi connectivity index (χ2n) is 11.3. The van der Waals surface area contributed by atoms with E-state index in [9.17, 15) is 10.2 Å².